The lowest BCUT2D eigenvalue weighted by atomic mass is 9.81. The second-order valence-electron chi connectivity index (χ2n) is 48.9. The fraction of sp³-hybridized carbons (Fsp3) is 0.786. The summed E-state index contributed by atoms with van der Waals surface area (Å²) < 4.78 is 86.2. The number of hydrogen-bond donors (Lipinski definition) is 14. The molecule has 6 saturated carbocycles. The van der Waals surface area contributed by atoms with E-state index in [0.717, 1.165) is 49.8 Å². The van der Waals surface area contributed by atoms with Crippen molar-refractivity contribution in [3.63, 3.8) is 0 Å². The molecular weight excluding hydrogens is 1920 g/mol. The minimum atomic E-state index is -3.67. The number of thiophene rings is 1. The molecule has 0 radical (unpaired) electrons. The number of rotatable bonds is 35. The number of Topliss-reactive ketones (excluding diaryl/α,β-unsaturated/α-hetero) is 3. The van der Waals surface area contributed by atoms with Gasteiger partial charge in [0.25, 0.3) is 38.1 Å². The van der Waals surface area contributed by atoms with Crippen LogP contribution >= 0.6 is 11.3 Å². The van der Waals surface area contributed by atoms with Crippen LogP contribution in [0.3, 0.4) is 0 Å². The van der Waals surface area contributed by atoms with E-state index in [4.69, 9.17) is 11.5 Å². The smallest absolute Gasteiger partial charge is 0.315 e. The molecule has 1 aromatic rings. The molecule has 0 bridgehead atoms. The van der Waals surface area contributed by atoms with Gasteiger partial charge in [-0.1, -0.05) is 210 Å². The van der Waals surface area contributed by atoms with E-state index in [0.29, 0.717) is 95.7 Å². The lowest BCUT2D eigenvalue weighted by Gasteiger charge is -2.42. The fourth-order valence-corrected chi connectivity index (χ4v) is 27.8. The molecule has 15 amide bonds. The average molecular weight is 2080 g/mol. The van der Waals surface area contributed by atoms with Crippen LogP contribution in [0.2, 0.25) is 0 Å². The summed E-state index contributed by atoms with van der Waals surface area (Å²) in [6.45, 7) is 48.4. The van der Waals surface area contributed by atoms with Crippen molar-refractivity contribution in [3.05, 3.63) is 29.0 Å². The third-order valence-electron chi connectivity index (χ3n) is 31.8. The summed E-state index contributed by atoms with van der Waals surface area (Å²) in [5, 5.41) is 30.1. The molecule has 1 aromatic heterocycles. The number of sulfonamides is 1. The van der Waals surface area contributed by atoms with Crippen LogP contribution in [0.25, 0.3) is 0 Å². The normalized spacial score (nSPS) is 26.8. The average Bonchev–Trinajstić information content (AvgIpc) is 1.53. The van der Waals surface area contributed by atoms with Crippen LogP contribution in [0.5, 0.6) is 0 Å². The van der Waals surface area contributed by atoms with Gasteiger partial charge in [0.15, 0.2) is 0 Å². The van der Waals surface area contributed by atoms with Gasteiger partial charge in [0.2, 0.25) is 62.8 Å². The van der Waals surface area contributed by atoms with Crippen molar-refractivity contribution < 1.29 is 97.2 Å². The number of likely N-dealkylation sites (tertiary alicyclic amines) is 3. The van der Waals surface area contributed by atoms with Crippen LogP contribution in [0.1, 0.15) is 254 Å². The Labute approximate surface area is 847 Å². The van der Waals surface area contributed by atoms with Gasteiger partial charge in [0, 0.05) is 95.5 Å². The van der Waals surface area contributed by atoms with Gasteiger partial charge in [-0.3, -0.25) is 57.5 Å². The molecule has 6 aliphatic carbocycles. The molecule has 12 aliphatic rings. The number of amides is 15. The molecule has 16 N–H and O–H groups in total. The Kier molecular flexibility index (Phi) is 34.5. The monoisotopic (exact) mass is 2080 g/mol. The number of carbonyl (C=O) groups excluding carboxylic acids is 15. The van der Waals surface area contributed by atoms with Crippen LogP contribution in [0.4, 0.5) is 14.4 Å². The van der Waals surface area contributed by atoms with E-state index < -0.39 is 218 Å². The number of hydrogen-bond acceptors (Lipinski definition) is 22. The molecule has 5 unspecified atom stereocenters. The van der Waals surface area contributed by atoms with E-state index >= 15 is 0 Å². The minimum absolute atomic E-state index is 0.0493. The van der Waals surface area contributed by atoms with Crippen LogP contribution in [-0.4, -0.2) is 285 Å². The second kappa shape index (κ2) is 43.1. The summed E-state index contributed by atoms with van der Waals surface area (Å²) in [6, 6.07) is -10.2. The van der Waals surface area contributed by atoms with E-state index in [1.54, 1.807) is 11.4 Å². The van der Waals surface area contributed by atoms with Crippen molar-refractivity contribution in [2.45, 2.75) is 332 Å². The molecule has 7 heterocycles. The number of piperidine rings is 3. The fourth-order valence-electron chi connectivity index (χ4n) is 22.2. The van der Waals surface area contributed by atoms with Crippen LogP contribution in [-0.2, 0) is 94.5 Å². The first-order valence-corrected chi connectivity index (χ1v) is 55.9. The number of nitrogens with zero attached hydrogens (tertiary/aromatic N) is 6. The lowest BCUT2D eigenvalue weighted by molar-refractivity contribution is -0.145. The van der Waals surface area contributed by atoms with Crippen molar-refractivity contribution in [3.8, 4) is 0 Å². The van der Waals surface area contributed by atoms with Crippen molar-refractivity contribution >= 4 is 130 Å². The van der Waals surface area contributed by atoms with E-state index in [9.17, 15) is 97.2 Å². The highest BCUT2D eigenvalue weighted by molar-refractivity contribution is 7.89. The Balaban J connectivity index is 0.000000205. The van der Waals surface area contributed by atoms with Crippen molar-refractivity contribution in [1.82, 2.24) is 90.2 Å². The van der Waals surface area contributed by atoms with Crippen LogP contribution < -0.4 is 74.1 Å². The lowest BCUT2D eigenvalue weighted by Crippen LogP contribution is -2.64. The number of primary amides is 2. The molecule has 41 nitrogen and oxygen atoms in total. The maximum absolute atomic E-state index is 14.4. The minimum Gasteiger partial charge on any atom is -0.363 e. The zero-order chi connectivity index (χ0) is 107. The van der Waals surface area contributed by atoms with Gasteiger partial charge in [0.05, 0.1) is 28.6 Å². The Morgan fingerprint density at radius 2 is 0.846 bits per heavy atom. The Morgan fingerprint density at radius 3 is 1.17 bits per heavy atom. The molecule has 17 atom stereocenters. The topological polar surface area (TPSA) is 574 Å². The molecular formula is C98H160N20O21S4. The molecule has 5 saturated heterocycles. The Hall–Kier alpha value is -8.86. The number of nitrogens with one attached hydrogen (secondary N) is 12. The standard InChI is InChI=1S/C34H50N6O7S2.C33H57N7O7S.C31H53N7O7S/c1-32(2,3)27(37-31(45)38-34(12-7-6-8-13-34)18-39-17-22-23(11-14-48-22)49(39,46)47)30(44)40-16-20-24(33(20,4)5)25(40)29(43)36-21(15-19-9-10-19)26(41)28(35)42;1-11-14-21(25(41)28(43)34-15-12-2)36-27(42)24-23-20(33(23,9)10)18-40(24)29(44)26(32(6,7)8)38-30(45)37-22(31(3,4)5)19-39-17-13-16-35-48(39,46)47;1-29(2,3)20(16-37-13-9-12-33-46(37,44)45)35-28(43)36-24(30(4,5)6)27(42)38-15-18-21(31(18,7)8)22(38)26(41)34-19(14-17-10-11-17)23(39)25(32)40/h11,14,19-21,24-25,27H,6-10,12-13,15-18H2,1-5H3,(H2,35,42)(H,36,43)(H2,37,38,45);12,20-24,26,35H,2,11,13-19H2,1,3-10H3,(H,34,43)(H,36,42)(H2,37,38,45);17-22,24,33H,9-16H2,1-8H3,(H2,32,40)(H,34,41)(H2,35,36,43)/t20-,21?,24-,25-,27+;20-,21?,22?,23-,24-,26+;18-,19?,20?,21-,22-,24+/m000/s1. The van der Waals surface area contributed by atoms with Gasteiger partial charge in [-0.2, -0.15) is 29.8 Å². The summed E-state index contributed by atoms with van der Waals surface area (Å²) >= 11 is 1.41. The highest BCUT2D eigenvalue weighted by Gasteiger charge is 2.73. The van der Waals surface area contributed by atoms with Crippen molar-refractivity contribution in [2.24, 2.45) is 102 Å². The molecule has 45 heteroatoms. The van der Waals surface area contributed by atoms with Crippen LogP contribution in [0.15, 0.2) is 29.0 Å². The summed E-state index contributed by atoms with van der Waals surface area (Å²) in [5.74, 6) is -8.09. The highest BCUT2D eigenvalue weighted by Crippen LogP contribution is 2.67. The molecule has 0 aromatic carbocycles. The van der Waals surface area contributed by atoms with E-state index in [1.807, 2.05) is 138 Å². The van der Waals surface area contributed by atoms with Gasteiger partial charge in [-0.15, -0.1) is 17.9 Å². The van der Waals surface area contributed by atoms with Gasteiger partial charge >= 0.3 is 18.1 Å². The number of fused-ring (bicyclic) bond motifs is 4. The SMILES string of the molecule is C=CCNC(=O)C(=O)C(CCC)NC(=O)[C@@H]1[C@@H]2[C@H](CN1C(=O)[C@@H](NC(=O)NC(CN1CCCNS1(=O)=O)C(C)(C)C)C(C)(C)C)C2(C)C.CC(C)(C)C(CN1CCCNS1(=O)=O)NC(=O)N[C@H](C(=O)N1C[C@H]2[C@@H]([C@H]1C(=O)NC(CC1CC1)C(=O)C(N)=O)C2(C)C)C(C)(C)C.CC(C)(C)[C@H](NC(=O)NC1(CN2Cc3sccc3S2(=O)=O)CCCCC1)C(=O)N1C[C@H]2[C@@H]([C@H]1C(=O)NC(CC1CC1)C(=O)C(N)=O)C2(C)C. The maximum Gasteiger partial charge on any atom is 0.315 e. The molecule has 0 spiro atoms. The number of carbonyl (C=O) groups is 15. The first-order chi connectivity index (χ1) is 66.0. The third-order valence-corrected chi connectivity index (χ3v) is 37.8. The summed E-state index contributed by atoms with van der Waals surface area (Å²) in [4.78, 5) is 206. The molecule has 13 rings (SSSR count). The van der Waals surface area contributed by atoms with Crippen molar-refractivity contribution in [1.29, 1.82) is 0 Å². The molecule has 802 valence electrons. The largest absolute Gasteiger partial charge is 0.363 e. The summed E-state index contributed by atoms with van der Waals surface area (Å²) in [5.41, 5.74) is 5.87. The number of urea groups is 3. The zero-order valence-corrected chi connectivity index (χ0v) is 90.8. The van der Waals surface area contributed by atoms with E-state index in [1.165, 1.54) is 45.0 Å². The van der Waals surface area contributed by atoms with Gasteiger partial charge in [-0.05, 0) is 147 Å². The quantitative estimate of drug-likeness (QED) is 0.0333. The number of nitrogens with two attached hydrogens (primary N) is 2. The van der Waals surface area contributed by atoms with Crippen molar-refractivity contribution in [2.75, 3.05) is 72.0 Å². The third kappa shape index (κ3) is 26.5. The molecule has 6 aliphatic heterocycles. The predicted octanol–water partition coefficient (Wildman–Crippen LogP) is 4.26. The molecule has 143 heavy (non-hydrogen) atoms. The first kappa shape index (κ1) is 114. The van der Waals surface area contributed by atoms with Gasteiger partial charge in [0.1, 0.15) is 36.3 Å². The Bertz CT molecular complexity index is 5390. The van der Waals surface area contributed by atoms with Gasteiger partial charge < -0.3 is 79.3 Å². The maximum atomic E-state index is 14.4. The Morgan fingerprint density at radius 1 is 0.483 bits per heavy atom. The second-order valence-corrected chi connectivity index (χ2v) is 55.3. The molecule has 11 fully saturated rings. The van der Waals surface area contributed by atoms with E-state index in [2.05, 4.69) is 83.0 Å². The number of ketones is 3. The predicted molar refractivity (Wildman–Crippen MR) is 536 cm³/mol. The summed E-state index contributed by atoms with van der Waals surface area (Å²) in [6.07, 6.45) is 11.7. The van der Waals surface area contributed by atoms with E-state index in [-0.39, 0.29) is 103 Å². The first-order valence-electron chi connectivity index (χ1n) is 50.7. The zero-order valence-electron chi connectivity index (χ0n) is 87.5. The highest BCUT2D eigenvalue weighted by atomic mass is 32.2. The summed E-state index contributed by atoms with van der Waals surface area (Å²) in [7, 11) is -11.0. The van der Waals surface area contributed by atoms with Crippen LogP contribution in [0, 0.1) is 90.7 Å². The van der Waals surface area contributed by atoms with Gasteiger partial charge in [-0.25, -0.2) is 32.2 Å².